The third-order valence-corrected chi connectivity index (χ3v) is 4.77. The van der Waals surface area contributed by atoms with Crippen LogP contribution in [0.15, 0.2) is 39.7 Å². The van der Waals surface area contributed by atoms with Crippen LogP contribution in [-0.4, -0.2) is 25.2 Å². The smallest absolute Gasteiger partial charge is 0.408 e. The van der Waals surface area contributed by atoms with Crippen molar-refractivity contribution in [3.8, 4) is 0 Å². The van der Waals surface area contributed by atoms with E-state index in [1.807, 2.05) is 0 Å². The zero-order valence-electron chi connectivity index (χ0n) is 14.3. The average Bonchev–Trinajstić information content (AvgIpc) is 3.35. The van der Waals surface area contributed by atoms with E-state index in [9.17, 15) is 19.7 Å². The molecule has 1 saturated carbocycles. The molecule has 1 aliphatic carbocycles. The van der Waals surface area contributed by atoms with E-state index in [2.05, 4.69) is 10.4 Å². The van der Waals surface area contributed by atoms with Crippen LogP contribution in [-0.2, 0) is 11.3 Å². The molecule has 1 amide bonds. The lowest BCUT2D eigenvalue weighted by molar-refractivity contribution is -0.384. The molecule has 0 saturated heterocycles. The summed E-state index contributed by atoms with van der Waals surface area (Å²) in [6, 6.07) is 5.78. The monoisotopic (exact) mass is 371 g/mol. The molecule has 1 aromatic carbocycles. The van der Waals surface area contributed by atoms with Gasteiger partial charge in [-0.3, -0.25) is 19.5 Å². The maximum atomic E-state index is 12.5. The summed E-state index contributed by atoms with van der Waals surface area (Å²) in [5, 5.41) is 18.0. The highest BCUT2D eigenvalue weighted by Crippen LogP contribution is 2.31. The van der Waals surface area contributed by atoms with Crippen LogP contribution < -0.4 is 11.1 Å². The van der Waals surface area contributed by atoms with Crippen molar-refractivity contribution in [2.75, 3.05) is 5.32 Å². The van der Waals surface area contributed by atoms with Crippen LogP contribution in [0.3, 0.4) is 0 Å². The molecule has 10 heteroatoms. The highest BCUT2D eigenvalue weighted by Gasteiger charge is 2.21. The Bertz CT molecular complexity index is 1070. The topological polar surface area (TPSA) is 125 Å². The summed E-state index contributed by atoms with van der Waals surface area (Å²) < 4.78 is 7.94. The van der Waals surface area contributed by atoms with Crippen molar-refractivity contribution in [1.29, 1.82) is 0 Å². The summed E-state index contributed by atoms with van der Waals surface area (Å²) in [6.07, 6.45) is 5.91. The second-order valence-electron chi connectivity index (χ2n) is 6.51. The highest BCUT2D eigenvalue weighted by atomic mass is 16.6. The number of hydrogen-bond donors (Lipinski definition) is 1. The number of nitro benzene ring substituents is 1. The van der Waals surface area contributed by atoms with Crippen molar-refractivity contribution in [3.05, 3.63) is 51.1 Å². The first-order chi connectivity index (χ1) is 13.0. The van der Waals surface area contributed by atoms with Crippen LogP contribution in [0.1, 0.15) is 31.7 Å². The summed E-state index contributed by atoms with van der Waals surface area (Å²) in [5.41, 5.74) is 0.208. The average molecular weight is 371 g/mol. The Hall–Kier alpha value is -3.43. The molecule has 0 spiro atoms. The zero-order valence-corrected chi connectivity index (χ0v) is 14.3. The van der Waals surface area contributed by atoms with Crippen molar-refractivity contribution < 1.29 is 14.1 Å². The molecule has 2 aromatic heterocycles. The Morgan fingerprint density at radius 1 is 1.33 bits per heavy atom. The van der Waals surface area contributed by atoms with E-state index in [0.717, 1.165) is 30.3 Å². The normalized spacial score (nSPS) is 14.7. The maximum absolute atomic E-state index is 12.5. The minimum Gasteiger partial charge on any atom is -0.408 e. The van der Waals surface area contributed by atoms with Gasteiger partial charge in [0.05, 0.1) is 22.7 Å². The fourth-order valence-corrected chi connectivity index (χ4v) is 3.49. The lowest BCUT2D eigenvalue weighted by atomic mass is 10.2. The fourth-order valence-electron chi connectivity index (χ4n) is 3.49. The number of benzene rings is 1. The van der Waals surface area contributed by atoms with E-state index in [0.29, 0.717) is 5.82 Å². The first-order valence-corrected chi connectivity index (χ1v) is 8.64. The first-order valence-electron chi connectivity index (χ1n) is 8.64. The number of carbonyl (C=O) groups is 1. The number of amides is 1. The number of nitrogens with zero attached hydrogens (tertiary/aromatic N) is 4. The van der Waals surface area contributed by atoms with Gasteiger partial charge in [0.15, 0.2) is 5.58 Å². The van der Waals surface area contributed by atoms with Gasteiger partial charge in [-0.25, -0.2) is 9.48 Å². The fraction of sp³-hybridized carbons (Fsp3) is 0.353. The highest BCUT2D eigenvalue weighted by molar-refractivity contribution is 5.90. The van der Waals surface area contributed by atoms with Crippen molar-refractivity contribution in [1.82, 2.24) is 14.3 Å². The van der Waals surface area contributed by atoms with E-state index in [1.54, 1.807) is 16.9 Å². The Kier molecular flexibility index (Phi) is 4.22. The number of oxazole rings is 1. The van der Waals surface area contributed by atoms with E-state index < -0.39 is 16.6 Å². The molecule has 2 heterocycles. The van der Waals surface area contributed by atoms with Gasteiger partial charge in [0.1, 0.15) is 12.4 Å². The molecule has 140 valence electrons. The van der Waals surface area contributed by atoms with Gasteiger partial charge in [0, 0.05) is 18.2 Å². The molecule has 0 aliphatic heterocycles. The Labute approximate surface area is 152 Å². The largest absolute Gasteiger partial charge is 0.420 e. The summed E-state index contributed by atoms with van der Waals surface area (Å²) in [4.78, 5) is 34.9. The van der Waals surface area contributed by atoms with E-state index in [1.165, 1.54) is 18.2 Å². The lowest BCUT2D eigenvalue weighted by Crippen LogP contribution is -2.26. The van der Waals surface area contributed by atoms with Gasteiger partial charge < -0.3 is 9.73 Å². The molecule has 27 heavy (non-hydrogen) atoms. The molecule has 10 nitrogen and oxygen atoms in total. The van der Waals surface area contributed by atoms with Crippen molar-refractivity contribution in [3.63, 3.8) is 0 Å². The van der Waals surface area contributed by atoms with Gasteiger partial charge in [-0.05, 0) is 18.9 Å². The number of fused-ring (bicyclic) bond motifs is 1. The Morgan fingerprint density at radius 2 is 2.11 bits per heavy atom. The van der Waals surface area contributed by atoms with Crippen LogP contribution in [0.2, 0.25) is 0 Å². The summed E-state index contributed by atoms with van der Waals surface area (Å²) >= 11 is 0. The van der Waals surface area contributed by atoms with Crippen LogP contribution in [0.4, 0.5) is 11.5 Å². The van der Waals surface area contributed by atoms with Gasteiger partial charge >= 0.3 is 5.76 Å². The van der Waals surface area contributed by atoms with Crippen molar-refractivity contribution in [2.45, 2.75) is 38.3 Å². The Balaban J connectivity index is 1.57. The number of nitro groups is 1. The molecule has 3 aromatic rings. The molecule has 1 fully saturated rings. The van der Waals surface area contributed by atoms with E-state index >= 15 is 0 Å². The molecular weight excluding hydrogens is 354 g/mol. The second kappa shape index (κ2) is 6.71. The molecule has 0 unspecified atom stereocenters. The molecule has 0 bridgehead atoms. The Morgan fingerprint density at radius 3 is 2.85 bits per heavy atom. The molecule has 1 aliphatic rings. The SMILES string of the molecule is O=C(Cn1c(=O)oc2ccc([N+](=O)[O-])cc21)Nc1ccnn1C1CCCC1. The number of aromatic nitrogens is 3. The van der Waals surface area contributed by atoms with Crippen LogP contribution in [0.25, 0.3) is 11.1 Å². The van der Waals surface area contributed by atoms with Gasteiger partial charge in [0.2, 0.25) is 5.91 Å². The quantitative estimate of drug-likeness (QED) is 0.542. The summed E-state index contributed by atoms with van der Waals surface area (Å²) in [7, 11) is 0. The maximum Gasteiger partial charge on any atom is 0.420 e. The number of non-ortho nitro benzene ring substituents is 1. The third kappa shape index (κ3) is 3.21. The van der Waals surface area contributed by atoms with Crippen LogP contribution in [0, 0.1) is 10.1 Å². The predicted molar refractivity (Wildman–Crippen MR) is 95.5 cm³/mol. The lowest BCUT2D eigenvalue weighted by Gasteiger charge is -2.14. The minimum atomic E-state index is -0.745. The van der Waals surface area contributed by atoms with E-state index in [-0.39, 0.29) is 29.4 Å². The van der Waals surface area contributed by atoms with Gasteiger partial charge in [-0.2, -0.15) is 5.10 Å². The number of rotatable bonds is 5. The van der Waals surface area contributed by atoms with Crippen LogP contribution >= 0.6 is 0 Å². The van der Waals surface area contributed by atoms with Gasteiger partial charge in [-0.1, -0.05) is 12.8 Å². The number of hydrogen-bond acceptors (Lipinski definition) is 6. The molecule has 0 atom stereocenters. The van der Waals surface area contributed by atoms with Crippen molar-refractivity contribution >= 4 is 28.5 Å². The number of nitrogens with one attached hydrogen (secondary N) is 1. The molecule has 0 radical (unpaired) electrons. The molecule has 1 N–H and O–H groups in total. The first kappa shape index (κ1) is 17.0. The third-order valence-electron chi connectivity index (χ3n) is 4.77. The standard InChI is InChI=1S/C17H17N5O5/c23-16(19-15-7-8-18-21(15)11-3-1-2-4-11)10-20-13-9-12(22(25)26)5-6-14(13)27-17(20)24/h5-9,11H,1-4,10H2,(H,19,23). The minimum absolute atomic E-state index is 0.184. The number of anilines is 1. The predicted octanol–water partition coefficient (Wildman–Crippen LogP) is 2.45. The van der Waals surface area contributed by atoms with Gasteiger partial charge in [0.25, 0.3) is 5.69 Å². The number of carbonyl (C=O) groups excluding carboxylic acids is 1. The summed E-state index contributed by atoms with van der Waals surface area (Å²) in [6.45, 7) is -0.317. The molecular formula is C17H17N5O5. The summed E-state index contributed by atoms with van der Waals surface area (Å²) in [5.74, 6) is -0.616. The van der Waals surface area contributed by atoms with Crippen molar-refractivity contribution in [2.24, 2.45) is 0 Å². The second-order valence-corrected chi connectivity index (χ2v) is 6.51. The zero-order chi connectivity index (χ0) is 19.0. The van der Waals surface area contributed by atoms with E-state index in [4.69, 9.17) is 4.42 Å². The van der Waals surface area contributed by atoms with Gasteiger partial charge in [-0.15, -0.1) is 0 Å². The van der Waals surface area contributed by atoms with Crippen LogP contribution in [0.5, 0.6) is 0 Å². The molecule has 4 rings (SSSR count).